The monoisotopic (exact) mass is 312 g/mol. The van der Waals surface area contributed by atoms with Crippen LogP contribution in [0.1, 0.15) is 12.0 Å². The van der Waals surface area contributed by atoms with Gasteiger partial charge in [-0.25, -0.2) is 13.8 Å². The molecule has 114 valence electrons. The summed E-state index contributed by atoms with van der Waals surface area (Å²) in [6.45, 7) is 0. The fourth-order valence-electron chi connectivity index (χ4n) is 2.07. The molecule has 0 radical (unpaired) electrons. The van der Waals surface area contributed by atoms with E-state index in [9.17, 15) is 18.3 Å². The van der Waals surface area contributed by atoms with E-state index < -0.39 is 21.7 Å². The molecule has 0 unspecified atom stereocenters. The summed E-state index contributed by atoms with van der Waals surface area (Å²) in [5.41, 5.74) is 2.67. The molecule has 0 aromatic heterocycles. The number of aromatic hydroxyl groups is 1. The molecule has 0 aliphatic carbocycles. The number of hydrogen-bond acceptors (Lipinski definition) is 6. The average Bonchev–Trinajstić information content (AvgIpc) is 2.81. The second kappa shape index (κ2) is 6.13. The number of rotatable bonds is 4. The maximum Gasteiger partial charge on any atom is 0.244 e. The van der Waals surface area contributed by atoms with Crippen LogP contribution < -0.4 is 10.2 Å². The van der Waals surface area contributed by atoms with Crippen LogP contribution in [0.2, 0.25) is 0 Å². The van der Waals surface area contributed by atoms with E-state index in [-0.39, 0.29) is 17.3 Å². The number of methoxy groups -OCH3 is 1. The van der Waals surface area contributed by atoms with Gasteiger partial charge in [0.15, 0.2) is 21.3 Å². The molecule has 7 nitrogen and oxygen atoms in total. The minimum atomic E-state index is -3.10. The third kappa shape index (κ3) is 3.72. The quantitative estimate of drug-likeness (QED) is 0.614. The van der Waals surface area contributed by atoms with Crippen molar-refractivity contribution in [3.05, 3.63) is 23.8 Å². The molecule has 2 N–H and O–H groups in total. The first-order chi connectivity index (χ1) is 9.93. The molecule has 1 atom stereocenters. The number of hydrazone groups is 1. The van der Waals surface area contributed by atoms with Crippen molar-refractivity contribution in [1.29, 1.82) is 0 Å². The Balaban J connectivity index is 1.98. The van der Waals surface area contributed by atoms with Crippen molar-refractivity contribution in [2.75, 3.05) is 18.6 Å². The zero-order chi connectivity index (χ0) is 15.5. The Morgan fingerprint density at radius 3 is 2.90 bits per heavy atom. The lowest BCUT2D eigenvalue weighted by molar-refractivity contribution is -0.124. The van der Waals surface area contributed by atoms with Crippen LogP contribution in [0.4, 0.5) is 0 Å². The zero-order valence-corrected chi connectivity index (χ0v) is 12.3. The Labute approximate surface area is 122 Å². The summed E-state index contributed by atoms with van der Waals surface area (Å²) in [5, 5.41) is 13.6. The molecule has 1 aliphatic rings. The fraction of sp³-hybridized carbons (Fsp3) is 0.385. The predicted molar refractivity (Wildman–Crippen MR) is 77.2 cm³/mol. The first-order valence-corrected chi connectivity index (χ1v) is 8.14. The number of phenols is 1. The molecule has 1 aliphatic heterocycles. The van der Waals surface area contributed by atoms with Crippen LogP contribution in [0.3, 0.4) is 0 Å². The van der Waals surface area contributed by atoms with Gasteiger partial charge in [0.2, 0.25) is 5.91 Å². The van der Waals surface area contributed by atoms with E-state index in [4.69, 9.17) is 4.74 Å². The van der Waals surface area contributed by atoms with E-state index in [2.05, 4.69) is 10.5 Å². The van der Waals surface area contributed by atoms with E-state index in [1.807, 2.05) is 0 Å². The second-order valence-corrected chi connectivity index (χ2v) is 6.96. The molecule has 1 aromatic rings. The van der Waals surface area contributed by atoms with Crippen LogP contribution in [0.5, 0.6) is 11.5 Å². The van der Waals surface area contributed by atoms with E-state index in [1.165, 1.54) is 13.3 Å². The van der Waals surface area contributed by atoms with Crippen LogP contribution in [0, 0.1) is 5.92 Å². The number of sulfone groups is 1. The number of phenolic OH excluding ortho intramolecular Hbond substituents is 1. The first-order valence-electron chi connectivity index (χ1n) is 6.32. The smallest absolute Gasteiger partial charge is 0.244 e. The van der Waals surface area contributed by atoms with Gasteiger partial charge in [-0.3, -0.25) is 4.79 Å². The number of ether oxygens (including phenoxy) is 1. The van der Waals surface area contributed by atoms with Gasteiger partial charge in [-0.15, -0.1) is 0 Å². The highest BCUT2D eigenvalue weighted by Crippen LogP contribution is 2.27. The Kier molecular flexibility index (Phi) is 4.46. The molecule has 0 spiro atoms. The molecule has 1 heterocycles. The highest BCUT2D eigenvalue weighted by Gasteiger charge is 2.32. The van der Waals surface area contributed by atoms with Crippen LogP contribution >= 0.6 is 0 Å². The van der Waals surface area contributed by atoms with E-state index in [0.717, 1.165) is 0 Å². The van der Waals surface area contributed by atoms with Gasteiger partial charge in [-0.1, -0.05) is 6.07 Å². The number of nitrogens with zero attached hydrogens (tertiary/aromatic N) is 1. The van der Waals surface area contributed by atoms with E-state index in [1.54, 1.807) is 18.2 Å². The third-order valence-corrected chi connectivity index (χ3v) is 5.00. The lowest BCUT2D eigenvalue weighted by Gasteiger charge is -2.06. The van der Waals surface area contributed by atoms with E-state index in [0.29, 0.717) is 17.7 Å². The number of para-hydroxylation sites is 1. The normalized spacial score (nSPS) is 20.5. The van der Waals surface area contributed by atoms with Crippen LogP contribution in [0.25, 0.3) is 0 Å². The average molecular weight is 312 g/mol. The molecule has 1 amide bonds. The van der Waals surface area contributed by atoms with E-state index >= 15 is 0 Å². The summed E-state index contributed by atoms with van der Waals surface area (Å²) in [6.07, 6.45) is 1.59. The van der Waals surface area contributed by atoms with Crippen LogP contribution in [-0.2, 0) is 14.6 Å². The van der Waals surface area contributed by atoms with Gasteiger partial charge in [0.05, 0.1) is 30.7 Å². The Morgan fingerprint density at radius 2 is 2.29 bits per heavy atom. The van der Waals surface area contributed by atoms with Crippen molar-refractivity contribution < 1.29 is 23.1 Å². The molecule has 1 saturated heterocycles. The van der Waals surface area contributed by atoms with Crippen molar-refractivity contribution in [2.24, 2.45) is 11.0 Å². The molecular weight excluding hydrogens is 296 g/mol. The highest BCUT2D eigenvalue weighted by atomic mass is 32.2. The first kappa shape index (κ1) is 15.3. The van der Waals surface area contributed by atoms with Gasteiger partial charge in [0.1, 0.15) is 0 Å². The van der Waals surface area contributed by atoms with Gasteiger partial charge < -0.3 is 9.84 Å². The lowest BCUT2D eigenvalue weighted by Crippen LogP contribution is -2.27. The molecule has 21 heavy (non-hydrogen) atoms. The summed E-state index contributed by atoms with van der Waals surface area (Å²) in [6, 6.07) is 4.87. The number of carbonyl (C=O) groups is 1. The lowest BCUT2D eigenvalue weighted by atomic mass is 10.1. The molecule has 2 rings (SSSR count). The summed E-state index contributed by atoms with van der Waals surface area (Å²) >= 11 is 0. The topological polar surface area (TPSA) is 105 Å². The van der Waals surface area contributed by atoms with Gasteiger partial charge in [-0.05, 0) is 18.6 Å². The van der Waals surface area contributed by atoms with Crippen molar-refractivity contribution in [3.63, 3.8) is 0 Å². The van der Waals surface area contributed by atoms with Gasteiger partial charge in [-0.2, -0.15) is 5.10 Å². The Hall–Kier alpha value is -2.09. The molecule has 0 bridgehead atoms. The molecular formula is C13H16N2O5S. The Morgan fingerprint density at radius 1 is 1.52 bits per heavy atom. The van der Waals surface area contributed by atoms with Crippen molar-refractivity contribution in [2.45, 2.75) is 6.42 Å². The number of carbonyl (C=O) groups excluding carboxylic acids is 1. The van der Waals surface area contributed by atoms with Crippen LogP contribution in [0.15, 0.2) is 23.3 Å². The highest BCUT2D eigenvalue weighted by molar-refractivity contribution is 7.91. The standard InChI is InChI=1S/C13H16N2O5S/c1-20-11-4-2-3-9(12(11)16)7-14-15-13(17)10-5-6-21(18,19)8-10/h2-4,7,10,16H,5-6,8H2,1H3,(H,15,17)/b14-7+/t10-/m0/s1. The van der Waals surface area contributed by atoms with Crippen molar-refractivity contribution in [3.8, 4) is 11.5 Å². The number of nitrogens with one attached hydrogen (secondary N) is 1. The summed E-state index contributed by atoms with van der Waals surface area (Å²) in [7, 11) is -1.67. The largest absolute Gasteiger partial charge is 0.504 e. The molecule has 1 aromatic carbocycles. The van der Waals surface area contributed by atoms with Crippen molar-refractivity contribution in [1.82, 2.24) is 5.43 Å². The minimum Gasteiger partial charge on any atom is -0.504 e. The minimum absolute atomic E-state index is 0.0332. The maximum atomic E-state index is 11.8. The SMILES string of the molecule is COc1cccc(/C=N/NC(=O)[C@H]2CCS(=O)(=O)C2)c1O. The van der Waals surface area contributed by atoms with Gasteiger partial charge >= 0.3 is 0 Å². The van der Waals surface area contributed by atoms with Gasteiger partial charge in [0.25, 0.3) is 0 Å². The summed E-state index contributed by atoms with van der Waals surface area (Å²) in [5.74, 6) is -0.890. The zero-order valence-electron chi connectivity index (χ0n) is 11.4. The summed E-state index contributed by atoms with van der Waals surface area (Å²) < 4.78 is 27.5. The Bertz CT molecular complexity index is 669. The number of benzene rings is 1. The fourth-order valence-corrected chi connectivity index (χ4v) is 3.81. The number of hydrogen-bond donors (Lipinski definition) is 2. The predicted octanol–water partition coefficient (Wildman–Crippen LogP) is 0.286. The van der Waals surface area contributed by atoms with Gasteiger partial charge in [0, 0.05) is 5.56 Å². The summed E-state index contributed by atoms with van der Waals surface area (Å²) in [4.78, 5) is 11.8. The van der Waals surface area contributed by atoms with Crippen LogP contribution in [-0.4, -0.2) is 44.3 Å². The number of amides is 1. The molecule has 0 saturated carbocycles. The molecule has 1 fully saturated rings. The third-order valence-electron chi connectivity index (χ3n) is 3.23. The maximum absolute atomic E-state index is 11.8. The molecule has 8 heteroatoms. The van der Waals surface area contributed by atoms with Crippen molar-refractivity contribution >= 4 is 22.0 Å². The second-order valence-electron chi connectivity index (χ2n) is 4.73.